The Balaban J connectivity index is 3.50. The lowest BCUT2D eigenvalue weighted by Gasteiger charge is -2.06. The van der Waals surface area contributed by atoms with Crippen LogP contribution in [0.5, 0.6) is 0 Å². The van der Waals surface area contributed by atoms with E-state index in [1.54, 1.807) is 0 Å². The summed E-state index contributed by atoms with van der Waals surface area (Å²) in [5, 5.41) is -0.879. The van der Waals surface area contributed by atoms with Crippen LogP contribution in [0.3, 0.4) is 0 Å². The second-order valence-corrected chi connectivity index (χ2v) is 5.58. The van der Waals surface area contributed by atoms with Gasteiger partial charge in [0.1, 0.15) is 0 Å². The molecule has 0 saturated carbocycles. The Bertz CT molecular complexity index is 490. The van der Waals surface area contributed by atoms with E-state index in [4.69, 9.17) is 22.3 Å². The largest absolute Gasteiger partial charge is 0.278 e. The highest BCUT2D eigenvalue weighted by Crippen LogP contribution is 2.31. The number of aryl methyl sites for hydroxylation is 1. The zero-order chi connectivity index (χ0) is 11.8. The molecule has 0 bridgehead atoms. The van der Waals surface area contributed by atoms with Crippen LogP contribution in [-0.4, -0.2) is 13.4 Å². The van der Waals surface area contributed by atoms with Crippen molar-refractivity contribution in [3.8, 4) is 0 Å². The minimum atomic E-state index is -4.13. The average Bonchev–Trinajstić information content (AvgIpc) is 2.06. The van der Waals surface area contributed by atoms with Crippen LogP contribution >= 0.6 is 22.3 Å². The van der Waals surface area contributed by atoms with Crippen LogP contribution in [0.1, 0.15) is 17.7 Å². The lowest BCUT2D eigenvalue weighted by Crippen LogP contribution is -2.01. The summed E-state index contributed by atoms with van der Waals surface area (Å²) in [6.45, 7) is 1.32. The summed E-state index contributed by atoms with van der Waals surface area (Å²) in [7, 11) is 0.852. The van der Waals surface area contributed by atoms with E-state index in [0.717, 1.165) is 0 Å². The molecule has 0 aromatic carbocycles. The first-order chi connectivity index (χ1) is 6.73. The van der Waals surface area contributed by atoms with E-state index in [1.807, 2.05) is 0 Å². The maximum Gasteiger partial charge on any atom is 0.278 e. The molecular formula is C7H5Cl2F2NO2S. The third-order valence-corrected chi connectivity index (χ3v) is 3.29. The smallest absolute Gasteiger partial charge is 0.239 e. The predicted octanol–water partition coefficient (Wildman–Crippen LogP) is 2.91. The molecule has 0 aliphatic rings. The lowest BCUT2D eigenvalue weighted by atomic mass is 10.2. The van der Waals surface area contributed by atoms with E-state index in [-0.39, 0.29) is 10.7 Å². The Labute approximate surface area is 94.4 Å². The van der Waals surface area contributed by atoms with Gasteiger partial charge in [0.25, 0.3) is 15.5 Å². The molecule has 8 heteroatoms. The summed E-state index contributed by atoms with van der Waals surface area (Å²) >= 11 is 5.53. The van der Waals surface area contributed by atoms with Gasteiger partial charge >= 0.3 is 0 Å². The summed E-state index contributed by atoms with van der Waals surface area (Å²) in [4.78, 5) is 3.50. The van der Waals surface area contributed by atoms with Crippen molar-refractivity contribution in [2.75, 3.05) is 0 Å². The maximum absolute atomic E-state index is 12.4. The second-order valence-electron chi connectivity index (χ2n) is 2.69. The highest BCUT2D eigenvalue weighted by Gasteiger charge is 2.21. The molecule has 0 aliphatic heterocycles. The van der Waals surface area contributed by atoms with Gasteiger partial charge in [0, 0.05) is 16.2 Å². The monoisotopic (exact) mass is 275 g/mol. The molecular weight excluding hydrogens is 271 g/mol. The molecule has 0 unspecified atom stereocenters. The molecule has 0 saturated heterocycles. The van der Waals surface area contributed by atoms with Crippen molar-refractivity contribution >= 4 is 31.3 Å². The van der Waals surface area contributed by atoms with Crippen molar-refractivity contribution in [3.63, 3.8) is 0 Å². The molecule has 0 fully saturated rings. The van der Waals surface area contributed by atoms with E-state index in [0.29, 0.717) is 6.07 Å². The standard InChI is InChI=1S/C7H5Cl2F2NO2S/c1-3-6(8)4(7(10)11)2-5(12-3)15(9,13)14/h2,7H,1H3. The molecule has 84 valence electrons. The number of hydrogen-bond acceptors (Lipinski definition) is 3. The number of nitrogens with zero attached hydrogens (tertiary/aromatic N) is 1. The van der Waals surface area contributed by atoms with Gasteiger partial charge in [0.05, 0.1) is 10.7 Å². The molecule has 0 N–H and O–H groups in total. The maximum atomic E-state index is 12.4. The average molecular weight is 276 g/mol. The Kier molecular flexibility index (Phi) is 3.52. The van der Waals surface area contributed by atoms with Crippen molar-refractivity contribution in [2.45, 2.75) is 18.4 Å². The van der Waals surface area contributed by atoms with Crippen LogP contribution in [0.15, 0.2) is 11.1 Å². The van der Waals surface area contributed by atoms with E-state index >= 15 is 0 Å². The Hall–Kier alpha value is -0.460. The molecule has 1 heterocycles. The number of pyridine rings is 1. The Morgan fingerprint density at radius 1 is 1.47 bits per heavy atom. The molecule has 1 rings (SSSR count). The topological polar surface area (TPSA) is 47.0 Å². The van der Waals surface area contributed by atoms with Crippen molar-refractivity contribution in [3.05, 3.63) is 22.3 Å². The SMILES string of the molecule is Cc1nc(S(=O)(=O)Cl)cc(C(F)F)c1Cl. The van der Waals surface area contributed by atoms with E-state index < -0.39 is 26.1 Å². The minimum Gasteiger partial charge on any atom is -0.239 e. The fourth-order valence-electron chi connectivity index (χ4n) is 0.936. The third kappa shape index (κ3) is 2.76. The number of halogens is 4. The fourth-order valence-corrected chi connectivity index (χ4v) is 1.87. The normalized spacial score (nSPS) is 12.1. The number of aromatic nitrogens is 1. The molecule has 1 aromatic rings. The molecule has 0 aliphatic carbocycles. The van der Waals surface area contributed by atoms with Gasteiger partial charge in [0.15, 0.2) is 5.03 Å². The lowest BCUT2D eigenvalue weighted by molar-refractivity contribution is 0.151. The van der Waals surface area contributed by atoms with Gasteiger partial charge in [-0.05, 0) is 13.0 Å². The highest BCUT2D eigenvalue weighted by atomic mass is 35.7. The van der Waals surface area contributed by atoms with Crippen LogP contribution in [0.2, 0.25) is 5.02 Å². The van der Waals surface area contributed by atoms with Crippen LogP contribution in [0.25, 0.3) is 0 Å². The molecule has 0 amide bonds. The van der Waals surface area contributed by atoms with E-state index in [2.05, 4.69) is 4.98 Å². The number of alkyl halides is 2. The first kappa shape index (κ1) is 12.6. The minimum absolute atomic E-state index is 0.00584. The van der Waals surface area contributed by atoms with E-state index in [9.17, 15) is 17.2 Å². The van der Waals surface area contributed by atoms with Gasteiger partial charge in [0.2, 0.25) is 0 Å². The van der Waals surface area contributed by atoms with Crippen LogP contribution in [0.4, 0.5) is 8.78 Å². The van der Waals surface area contributed by atoms with Crippen molar-refractivity contribution in [2.24, 2.45) is 0 Å². The van der Waals surface area contributed by atoms with Gasteiger partial charge in [-0.25, -0.2) is 22.2 Å². The van der Waals surface area contributed by atoms with Gasteiger partial charge in [-0.2, -0.15) is 0 Å². The number of rotatable bonds is 2. The quantitative estimate of drug-likeness (QED) is 0.780. The predicted molar refractivity (Wildman–Crippen MR) is 52.0 cm³/mol. The third-order valence-electron chi connectivity index (χ3n) is 1.61. The Morgan fingerprint density at radius 3 is 2.40 bits per heavy atom. The van der Waals surface area contributed by atoms with Crippen molar-refractivity contribution < 1.29 is 17.2 Å². The summed E-state index contributed by atoms with van der Waals surface area (Å²) in [6.07, 6.45) is -2.88. The Morgan fingerprint density at radius 2 is 2.00 bits per heavy atom. The van der Waals surface area contributed by atoms with Gasteiger partial charge < -0.3 is 0 Å². The van der Waals surface area contributed by atoms with Crippen molar-refractivity contribution in [1.82, 2.24) is 4.98 Å². The van der Waals surface area contributed by atoms with Crippen LogP contribution < -0.4 is 0 Å². The van der Waals surface area contributed by atoms with Gasteiger partial charge in [-0.3, -0.25) is 0 Å². The van der Waals surface area contributed by atoms with Crippen molar-refractivity contribution in [1.29, 1.82) is 0 Å². The van der Waals surface area contributed by atoms with Gasteiger partial charge in [-0.15, -0.1) is 0 Å². The molecule has 3 nitrogen and oxygen atoms in total. The second kappa shape index (κ2) is 4.19. The zero-order valence-corrected chi connectivity index (χ0v) is 9.67. The molecule has 0 spiro atoms. The molecule has 0 atom stereocenters. The number of hydrogen-bond donors (Lipinski definition) is 0. The summed E-state index contributed by atoms with van der Waals surface area (Å²) in [6, 6.07) is 0.669. The zero-order valence-electron chi connectivity index (χ0n) is 7.34. The highest BCUT2D eigenvalue weighted by molar-refractivity contribution is 8.13. The fraction of sp³-hybridized carbons (Fsp3) is 0.286. The van der Waals surface area contributed by atoms with Crippen LogP contribution in [0, 0.1) is 6.92 Å². The van der Waals surface area contributed by atoms with E-state index in [1.165, 1.54) is 6.92 Å². The first-order valence-electron chi connectivity index (χ1n) is 3.63. The molecule has 0 radical (unpaired) electrons. The molecule has 1 aromatic heterocycles. The molecule has 15 heavy (non-hydrogen) atoms. The summed E-state index contributed by atoms with van der Waals surface area (Å²) in [5.41, 5.74) is -0.600. The summed E-state index contributed by atoms with van der Waals surface area (Å²) < 4.78 is 46.6. The van der Waals surface area contributed by atoms with Gasteiger partial charge in [-0.1, -0.05) is 11.6 Å². The summed E-state index contributed by atoms with van der Waals surface area (Å²) in [5.74, 6) is 0. The van der Waals surface area contributed by atoms with Crippen LogP contribution in [-0.2, 0) is 9.05 Å². The first-order valence-corrected chi connectivity index (χ1v) is 6.32.